The molecule has 6 aromatic rings. The van der Waals surface area contributed by atoms with Crippen LogP contribution in [0.1, 0.15) is 66.8 Å². The van der Waals surface area contributed by atoms with Crippen LogP contribution in [0.5, 0.6) is 0 Å². The summed E-state index contributed by atoms with van der Waals surface area (Å²) >= 11 is 0. The molecule has 0 aliphatic rings. The molecule has 6 aromatic carbocycles. The summed E-state index contributed by atoms with van der Waals surface area (Å²) in [6.45, 7) is 26.2. The van der Waals surface area contributed by atoms with Gasteiger partial charge < -0.3 is 0 Å². The molecule has 0 aliphatic carbocycles. The fourth-order valence-electron chi connectivity index (χ4n) is 7.94. The largest absolute Gasteiger partial charge is 0.129 e. The minimum absolute atomic E-state index is 0. The fourth-order valence-corrected chi connectivity index (χ4v) is 7.94. The van der Waals surface area contributed by atoms with Crippen molar-refractivity contribution in [3.8, 4) is 44.5 Å². The van der Waals surface area contributed by atoms with Crippen LogP contribution in [0.15, 0.2) is 84.9 Å². The second-order valence-electron chi connectivity index (χ2n) is 14.1. The molecule has 0 saturated heterocycles. The topological polar surface area (TPSA) is 0 Å². The van der Waals surface area contributed by atoms with Gasteiger partial charge in [0.05, 0.1) is 0 Å². The molecular weight excluding hydrogens is 684 g/mol. The first-order valence-electron chi connectivity index (χ1n) is 17.1. The maximum Gasteiger partial charge on any atom is 0 e. The van der Waals surface area contributed by atoms with Crippen LogP contribution in [0.2, 0.25) is 0 Å². The van der Waals surface area contributed by atoms with Gasteiger partial charge in [0.1, 0.15) is 0 Å². The predicted octanol–water partition coefficient (Wildman–Crippen LogP) is 13.3. The van der Waals surface area contributed by atoms with Crippen molar-refractivity contribution in [3.63, 3.8) is 0 Å². The molecule has 0 bridgehead atoms. The zero-order valence-corrected chi connectivity index (χ0v) is 32.9. The van der Waals surface area contributed by atoms with Gasteiger partial charge in [0.2, 0.25) is 0 Å². The van der Waals surface area contributed by atoms with E-state index < -0.39 is 0 Å². The van der Waals surface area contributed by atoms with E-state index in [1.54, 1.807) is 0 Å². The predicted molar refractivity (Wildman–Crippen MR) is 209 cm³/mol. The summed E-state index contributed by atoms with van der Waals surface area (Å²) in [5.41, 5.74) is 25.8. The van der Waals surface area contributed by atoms with E-state index in [-0.39, 0.29) is 22.4 Å². The number of benzene rings is 6. The van der Waals surface area contributed by atoms with Crippen LogP contribution in [0.4, 0.5) is 0 Å². The molecule has 49 heavy (non-hydrogen) atoms. The summed E-state index contributed by atoms with van der Waals surface area (Å²) in [7, 11) is 0. The van der Waals surface area contributed by atoms with Crippen molar-refractivity contribution in [2.45, 2.75) is 83.1 Å². The fraction of sp³-hybridized carbons (Fsp3) is 0.250. The Morgan fingerprint density at radius 3 is 0.612 bits per heavy atom. The molecule has 0 fully saturated rings. The summed E-state index contributed by atoms with van der Waals surface area (Å²) < 4.78 is 0. The van der Waals surface area contributed by atoms with Crippen molar-refractivity contribution in [2.75, 3.05) is 0 Å². The van der Waals surface area contributed by atoms with Gasteiger partial charge in [-0.3, -0.25) is 0 Å². The minimum atomic E-state index is 0. The van der Waals surface area contributed by atoms with Gasteiger partial charge in [-0.15, -0.1) is 70.8 Å². The summed E-state index contributed by atoms with van der Waals surface area (Å²) in [4.78, 5) is 0. The second kappa shape index (κ2) is 15.7. The number of aryl methyl sites for hydroxylation is 12. The normalized spacial score (nSPS) is 10.7. The first-order valence-corrected chi connectivity index (χ1v) is 17.1. The Morgan fingerprint density at radius 2 is 0.449 bits per heavy atom. The van der Waals surface area contributed by atoms with Gasteiger partial charge in [0.25, 0.3) is 0 Å². The summed E-state index contributed by atoms with van der Waals surface area (Å²) in [6, 6.07) is 38.4. The van der Waals surface area contributed by atoms with Crippen molar-refractivity contribution in [2.24, 2.45) is 0 Å². The van der Waals surface area contributed by atoms with Crippen LogP contribution in [-0.4, -0.2) is 0 Å². The molecule has 0 unspecified atom stereocenters. The van der Waals surface area contributed by atoms with Crippen molar-refractivity contribution in [3.05, 3.63) is 164 Å². The smallest absolute Gasteiger partial charge is 0 e. The molecule has 0 amide bonds. The minimum Gasteiger partial charge on any atom is -0.129 e. The van der Waals surface area contributed by atoms with Gasteiger partial charge in [0.15, 0.2) is 0 Å². The van der Waals surface area contributed by atoms with Gasteiger partial charge in [-0.2, -0.15) is 0 Å². The van der Waals surface area contributed by atoms with Crippen molar-refractivity contribution >= 4 is 0 Å². The standard InChI is InChI=1S/2C24H25.Ag/c2*1-15-10-17(3)23(18(4)11-15)21-8-7-9-22(14-21)24-19(5)12-16(2)13-20(24)6;/h2*7-13H,1-6H3;/q2*-1;. The average molecular weight is 735 g/mol. The van der Waals surface area contributed by atoms with E-state index in [1.165, 1.54) is 111 Å². The molecule has 0 atom stereocenters. The Morgan fingerprint density at radius 1 is 0.286 bits per heavy atom. The Bertz CT molecular complexity index is 1750. The third-order valence-corrected chi connectivity index (χ3v) is 9.38. The maximum absolute atomic E-state index is 3.68. The molecule has 0 spiro atoms. The molecule has 6 rings (SSSR count). The number of hydrogen-bond donors (Lipinski definition) is 0. The zero-order chi connectivity index (χ0) is 34.9. The molecule has 0 aliphatic heterocycles. The third kappa shape index (κ3) is 8.45. The van der Waals surface area contributed by atoms with Crippen LogP contribution >= 0.6 is 0 Å². The first kappa shape index (κ1) is 37.9. The molecule has 255 valence electrons. The van der Waals surface area contributed by atoms with E-state index >= 15 is 0 Å². The molecule has 0 N–H and O–H groups in total. The van der Waals surface area contributed by atoms with Crippen LogP contribution in [0.25, 0.3) is 44.5 Å². The second-order valence-corrected chi connectivity index (χ2v) is 14.1. The van der Waals surface area contributed by atoms with Gasteiger partial charge in [0, 0.05) is 22.4 Å². The molecule has 1 radical (unpaired) electrons. The Labute approximate surface area is 312 Å². The van der Waals surface area contributed by atoms with E-state index in [1.807, 2.05) is 0 Å². The summed E-state index contributed by atoms with van der Waals surface area (Å²) in [5.74, 6) is 0. The zero-order valence-electron chi connectivity index (χ0n) is 31.4. The molecular formula is C48H50Ag-2. The molecule has 0 heterocycles. The van der Waals surface area contributed by atoms with Gasteiger partial charge in [-0.1, -0.05) is 138 Å². The van der Waals surface area contributed by atoms with E-state index in [2.05, 4.69) is 180 Å². The first-order chi connectivity index (χ1) is 22.7. The van der Waals surface area contributed by atoms with Crippen LogP contribution < -0.4 is 0 Å². The van der Waals surface area contributed by atoms with Crippen LogP contribution in [-0.2, 0) is 22.4 Å². The number of hydrogen-bond acceptors (Lipinski definition) is 0. The van der Waals surface area contributed by atoms with E-state index in [0.717, 1.165) is 0 Å². The Balaban J connectivity index is 0.000000216. The van der Waals surface area contributed by atoms with E-state index in [0.29, 0.717) is 0 Å². The van der Waals surface area contributed by atoms with E-state index in [4.69, 9.17) is 0 Å². The van der Waals surface area contributed by atoms with Crippen molar-refractivity contribution < 1.29 is 22.4 Å². The van der Waals surface area contributed by atoms with Gasteiger partial charge in [-0.05, 0) is 83.1 Å². The monoisotopic (exact) mass is 733 g/mol. The third-order valence-electron chi connectivity index (χ3n) is 9.38. The average Bonchev–Trinajstić information content (AvgIpc) is 2.96. The Hall–Kier alpha value is -3.94. The molecule has 0 saturated carbocycles. The van der Waals surface area contributed by atoms with E-state index in [9.17, 15) is 0 Å². The van der Waals surface area contributed by atoms with Gasteiger partial charge >= 0.3 is 0 Å². The maximum atomic E-state index is 3.68. The molecule has 1 heteroatoms. The quantitative estimate of drug-likeness (QED) is 0.125. The summed E-state index contributed by atoms with van der Waals surface area (Å²) in [6.07, 6.45) is 0. The Kier molecular flexibility index (Phi) is 12.2. The van der Waals surface area contributed by atoms with Crippen molar-refractivity contribution in [1.82, 2.24) is 0 Å². The van der Waals surface area contributed by atoms with Crippen molar-refractivity contribution in [1.29, 1.82) is 0 Å². The summed E-state index contributed by atoms with van der Waals surface area (Å²) in [5, 5.41) is 0. The molecule has 0 aromatic heterocycles. The van der Waals surface area contributed by atoms with Crippen LogP contribution in [0, 0.1) is 95.2 Å². The number of rotatable bonds is 4. The SMILES string of the molecule is Cc1cc(C)c(-c2[c-]c(-c3c(C)cc(C)cc3C)ccc2)c(C)c1.Cc1cc(C)c(-c2[c-]c(-c3c(C)cc(C)cc3C)ccc2)c(C)c1.[Ag]. The van der Waals surface area contributed by atoms with Crippen LogP contribution in [0.3, 0.4) is 0 Å². The van der Waals surface area contributed by atoms with Gasteiger partial charge in [-0.25, -0.2) is 0 Å². The molecule has 0 nitrogen and oxygen atoms in total.